The van der Waals surface area contributed by atoms with Crippen LogP contribution in [0.25, 0.3) is 0 Å². The normalized spacial score (nSPS) is 26.4. The average molecular weight is 392 g/mol. The monoisotopic (exact) mass is 390 g/mol. The third kappa shape index (κ3) is 3.23. The second kappa shape index (κ2) is 6.71. The van der Waals surface area contributed by atoms with Gasteiger partial charge in [-0.05, 0) is 30.9 Å². The summed E-state index contributed by atoms with van der Waals surface area (Å²) in [5.41, 5.74) is -0.301. The Balaban J connectivity index is 1.64. The van der Waals surface area contributed by atoms with E-state index in [4.69, 9.17) is 34.8 Å². The smallest absolute Gasteiger partial charge is 0.311 e. The fourth-order valence-electron chi connectivity index (χ4n) is 3.87. The van der Waals surface area contributed by atoms with Gasteiger partial charge in [-0.3, -0.25) is 14.5 Å². The minimum atomic E-state index is -0.750. The van der Waals surface area contributed by atoms with Crippen molar-refractivity contribution in [1.82, 2.24) is 4.90 Å². The van der Waals surface area contributed by atoms with Crippen LogP contribution in [0.4, 0.5) is 5.69 Å². The van der Waals surface area contributed by atoms with Gasteiger partial charge in [-0.15, -0.1) is 0 Å². The maximum Gasteiger partial charge on any atom is 0.311 e. The zero-order valence-electron chi connectivity index (χ0n) is 12.8. The van der Waals surface area contributed by atoms with Crippen molar-refractivity contribution in [3.63, 3.8) is 0 Å². The molecule has 0 radical (unpaired) electrons. The van der Waals surface area contributed by atoms with Crippen molar-refractivity contribution in [3.05, 3.63) is 27.2 Å². The molecule has 24 heavy (non-hydrogen) atoms. The lowest BCUT2D eigenvalue weighted by molar-refractivity contribution is -0.149. The van der Waals surface area contributed by atoms with Gasteiger partial charge in [0.2, 0.25) is 5.91 Å². The van der Waals surface area contributed by atoms with Crippen LogP contribution in [0.5, 0.6) is 0 Å². The Bertz CT molecular complexity index is 697. The molecule has 2 atom stereocenters. The Labute approximate surface area is 154 Å². The summed E-state index contributed by atoms with van der Waals surface area (Å²) in [5, 5.41) is 13.2. The van der Waals surface area contributed by atoms with Gasteiger partial charge < -0.3 is 10.4 Å². The Hall–Kier alpha value is -1.01. The van der Waals surface area contributed by atoms with Crippen molar-refractivity contribution in [2.45, 2.75) is 19.3 Å². The van der Waals surface area contributed by atoms with Crippen LogP contribution < -0.4 is 5.32 Å². The Morgan fingerprint density at radius 1 is 1.25 bits per heavy atom. The van der Waals surface area contributed by atoms with E-state index in [1.807, 2.05) is 4.90 Å². The Kier molecular flexibility index (Phi) is 4.98. The maximum absolute atomic E-state index is 12.3. The molecule has 0 spiro atoms. The van der Waals surface area contributed by atoms with E-state index >= 15 is 0 Å². The molecule has 1 amide bonds. The highest BCUT2D eigenvalue weighted by Crippen LogP contribution is 2.48. The number of halogens is 3. The van der Waals surface area contributed by atoms with Gasteiger partial charge in [-0.25, -0.2) is 0 Å². The Morgan fingerprint density at radius 3 is 2.62 bits per heavy atom. The molecule has 8 heteroatoms. The maximum atomic E-state index is 12.3. The molecule has 0 bridgehead atoms. The van der Waals surface area contributed by atoms with E-state index in [2.05, 4.69) is 5.32 Å². The standard InChI is InChI=1S/C16H17Cl3N2O3/c17-10-4-12(19)13(5-11(10)18)20-14(22)7-21-6-9-2-1-3-16(9,8-21)15(23)24/h4-5,9H,1-3,6-8H2,(H,20,22)(H,23,24)/t9-,16+/m0/s1. The molecule has 5 nitrogen and oxygen atoms in total. The van der Waals surface area contributed by atoms with Crippen LogP contribution in [0.2, 0.25) is 15.1 Å². The average Bonchev–Trinajstić information content (AvgIpc) is 3.02. The van der Waals surface area contributed by atoms with E-state index in [0.717, 1.165) is 12.8 Å². The summed E-state index contributed by atoms with van der Waals surface area (Å²) < 4.78 is 0. The number of likely N-dealkylation sites (tertiary alicyclic amines) is 1. The van der Waals surface area contributed by atoms with Gasteiger partial charge in [-0.1, -0.05) is 41.2 Å². The van der Waals surface area contributed by atoms with Crippen LogP contribution in [0.1, 0.15) is 19.3 Å². The molecule has 1 saturated carbocycles. The molecule has 1 aliphatic heterocycles. The molecule has 1 aromatic rings. The number of fused-ring (bicyclic) bond motifs is 1. The molecule has 1 saturated heterocycles. The van der Waals surface area contributed by atoms with E-state index in [0.29, 0.717) is 40.3 Å². The molecular weight excluding hydrogens is 375 g/mol. The molecule has 130 valence electrons. The van der Waals surface area contributed by atoms with Gasteiger partial charge in [0, 0.05) is 13.1 Å². The number of benzene rings is 1. The lowest BCUT2D eigenvalue weighted by atomic mass is 9.81. The number of rotatable bonds is 4. The first kappa shape index (κ1) is 17.8. The number of aliphatic carboxylic acids is 1. The quantitative estimate of drug-likeness (QED) is 0.767. The molecule has 0 unspecified atom stereocenters. The van der Waals surface area contributed by atoms with Crippen LogP contribution in [0.3, 0.4) is 0 Å². The molecule has 2 fully saturated rings. The fourth-order valence-corrected chi connectivity index (χ4v) is 4.47. The van der Waals surface area contributed by atoms with Crippen molar-refractivity contribution < 1.29 is 14.7 Å². The van der Waals surface area contributed by atoms with Crippen LogP contribution in [0.15, 0.2) is 12.1 Å². The Morgan fingerprint density at radius 2 is 1.96 bits per heavy atom. The third-order valence-corrected chi connectivity index (χ3v) is 6.05. The van der Waals surface area contributed by atoms with E-state index < -0.39 is 11.4 Å². The largest absolute Gasteiger partial charge is 0.481 e. The fraction of sp³-hybridized carbons (Fsp3) is 0.500. The summed E-state index contributed by atoms with van der Waals surface area (Å²) >= 11 is 17.9. The van der Waals surface area contributed by atoms with Gasteiger partial charge in [-0.2, -0.15) is 0 Å². The number of anilines is 1. The first-order chi connectivity index (χ1) is 11.3. The second-order valence-electron chi connectivity index (χ2n) is 6.51. The summed E-state index contributed by atoms with van der Waals surface area (Å²) in [5.74, 6) is -0.882. The number of carboxylic acid groups (broad SMARTS) is 1. The number of hydrogen-bond acceptors (Lipinski definition) is 3. The predicted octanol–water partition coefficient (Wildman–Crippen LogP) is 3.77. The zero-order valence-corrected chi connectivity index (χ0v) is 15.1. The SMILES string of the molecule is O=C(CN1C[C@@H]2CCC[C@@]2(C(=O)O)C1)Nc1cc(Cl)c(Cl)cc1Cl. The lowest BCUT2D eigenvalue weighted by Crippen LogP contribution is -2.37. The first-order valence-corrected chi connectivity index (χ1v) is 8.85. The second-order valence-corrected chi connectivity index (χ2v) is 7.74. The zero-order chi connectivity index (χ0) is 17.5. The van der Waals surface area contributed by atoms with E-state index in [1.54, 1.807) is 0 Å². The van der Waals surface area contributed by atoms with E-state index in [9.17, 15) is 14.7 Å². The minimum absolute atomic E-state index is 0.122. The minimum Gasteiger partial charge on any atom is -0.481 e. The van der Waals surface area contributed by atoms with Gasteiger partial charge in [0.1, 0.15) is 0 Å². The molecule has 0 aromatic heterocycles. The molecule has 2 N–H and O–H groups in total. The number of nitrogens with one attached hydrogen (secondary N) is 1. The molecule has 2 aliphatic rings. The summed E-state index contributed by atoms with van der Waals surface area (Å²) in [4.78, 5) is 25.8. The summed E-state index contributed by atoms with van der Waals surface area (Å²) in [6.07, 6.45) is 2.53. The number of carbonyl (C=O) groups is 2. The van der Waals surface area contributed by atoms with Crippen molar-refractivity contribution in [1.29, 1.82) is 0 Å². The first-order valence-electron chi connectivity index (χ1n) is 7.72. The topological polar surface area (TPSA) is 69.6 Å². The number of carbonyl (C=O) groups excluding carboxylic acids is 1. The molecular formula is C16H17Cl3N2O3. The summed E-state index contributed by atoms with van der Waals surface area (Å²) in [7, 11) is 0. The molecule has 3 rings (SSSR count). The van der Waals surface area contributed by atoms with E-state index in [-0.39, 0.29) is 18.4 Å². The highest BCUT2D eigenvalue weighted by Gasteiger charge is 2.54. The van der Waals surface area contributed by atoms with Crippen molar-refractivity contribution >= 4 is 52.4 Å². The van der Waals surface area contributed by atoms with Crippen LogP contribution in [-0.4, -0.2) is 41.5 Å². The highest BCUT2D eigenvalue weighted by atomic mass is 35.5. The number of amides is 1. The van der Waals surface area contributed by atoms with Gasteiger partial charge in [0.05, 0.1) is 32.7 Å². The van der Waals surface area contributed by atoms with Crippen LogP contribution in [-0.2, 0) is 9.59 Å². The van der Waals surface area contributed by atoms with Gasteiger partial charge >= 0.3 is 5.97 Å². The van der Waals surface area contributed by atoms with E-state index in [1.165, 1.54) is 12.1 Å². The van der Waals surface area contributed by atoms with Crippen LogP contribution in [0, 0.1) is 11.3 Å². The van der Waals surface area contributed by atoms with Crippen molar-refractivity contribution in [2.75, 3.05) is 25.0 Å². The predicted molar refractivity (Wildman–Crippen MR) is 94.0 cm³/mol. The summed E-state index contributed by atoms with van der Waals surface area (Å²) in [6, 6.07) is 2.97. The third-order valence-electron chi connectivity index (χ3n) is 5.02. The number of hydrogen-bond donors (Lipinski definition) is 2. The summed E-state index contributed by atoms with van der Waals surface area (Å²) in [6.45, 7) is 1.17. The van der Waals surface area contributed by atoms with Gasteiger partial charge in [0.25, 0.3) is 0 Å². The number of nitrogens with zero attached hydrogens (tertiary/aromatic N) is 1. The van der Waals surface area contributed by atoms with Crippen LogP contribution >= 0.6 is 34.8 Å². The molecule has 1 aromatic carbocycles. The van der Waals surface area contributed by atoms with Crippen molar-refractivity contribution in [3.8, 4) is 0 Å². The molecule has 1 heterocycles. The van der Waals surface area contributed by atoms with Crippen molar-refractivity contribution in [2.24, 2.45) is 11.3 Å². The van der Waals surface area contributed by atoms with Gasteiger partial charge in [0.15, 0.2) is 0 Å². The number of carboxylic acids is 1. The lowest BCUT2D eigenvalue weighted by Gasteiger charge is -2.23. The molecule has 1 aliphatic carbocycles. The highest BCUT2D eigenvalue weighted by molar-refractivity contribution is 6.44.